The number of nitriles is 1. The molecule has 0 spiro atoms. The third-order valence-corrected chi connectivity index (χ3v) is 3.04. The summed E-state index contributed by atoms with van der Waals surface area (Å²) in [5.41, 5.74) is -0.236. The summed E-state index contributed by atoms with van der Waals surface area (Å²) in [4.78, 5) is 16.2. The van der Waals surface area contributed by atoms with Gasteiger partial charge in [0.2, 0.25) is 5.90 Å². The first-order valence-corrected chi connectivity index (χ1v) is 5.92. The third kappa shape index (κ3) is 2.58. The van der Waals surface area contributed by atoms with Crippen LogP contribution < -0.4 is 4.74 Å². The van der Waals surface area contributed by atoms with Gasteiger partial charge in [0.1, 0.15) is 5.75 Å². The average Bonchev–Trinajstić information content (AvgIpc) is 2.73. The van der Waals surface area contributed by atoms with Crippen LogP contribution in [0.1, 0.15) is 25.3 Å². The Hall–Kier alpha value is -2.35. The molecule has 0 fully saturated rings. The fourth-order valence-corrected chi connectivity index (χ4v) is 1.80. The predicted octanol–water partition coefficient (Wildman–Crippen LogP) is 2.06. The highest BCUT2D eigenvalue weighted by atomic mass is 16.6. The van der Waals surface area contributed by atoms with Crippen molar-refractivity contribution >= 4 is 11.9 Å². The van der Waals surface area contributed by atoms with Gasteiger partial charge >= 0.3 is 5.97 Å². The Kier molecular flexibility index (Phi) is 3.52. The van der Waals surface area contributed by atoms with Gasteiger partial charge < -0.3 is 9.47 Å². The van der Waals surface area contributed by atoms with Crippen LogP contribution in [0.4, 0.5) is 0 Å². The maximum atomic E-state index is 11.8. The van der Waals surface area contributed by atoms with Gasteiger partial charge in [-0.3, -0.25) is 0 Å². The second kappa shape index (κ2) is 5.11. The first-order chi connectivity index (χ1) is 9.09. The number of carbonyl (C=O) groups is 1. The molecule has 1 aliphatic heterocycles. The molecule has 0 N–H and O–H groups in total. The summed E-state index contributed by atoms with van der Waals surface area (Å²) in [6.07, 6.45) is 0.632. The highest BCUT2D eigenvalue weighted by molar-refractivity contribution is 6.07. The topological polar surface area (TPSA) is 71.7 Å². The van der Waals surface area contributed by atoms with Crippen LogP contribution in [0.2, 0.25) is 0 Å². The standard InChI is InChI=1S/C14H14N2O3/c1-14(8-3-9-15)13(17)19-12(16-14)10-4-6-11(18-2)7-5-10/h4-7H,3,8H2,1-2H3. The number of hydrogen-bond acceptors (Lipinski definition) is 5. The fourth-order valence-electron chi connectivity index (χ4n) is 1.80. The Balaban J connectivity index is 2.23. The number of carbonyl (C=O) groups excluding carboxylic acids is 1. The Morgan fingerprint density at radius 1 is 1.42 bits per heavy atom. The van der Waals surface area contributed by atoms with Gasteiger partial charge in [-0.2, -0.15) is 5.26 Å². The van der Waals surface area contributed by atoms with E-state index in [1.54, 1.807) is 38.3 Å². The summed E-state index contributed by atoms with van der Waals surface area (Å²) in [6.45, 7) is 1.68. The fraction of sp³-hybridized carbons (Fsp3) is 0.357. The molecule has 0 aromatic heterocycles. The molecule has 0 bridgehead atoms. The summed E-state index contributed by atoms with van der Waals surface area (Å²) in [5.74, 6) is 0.613. The molecule has 19 heavy (non-hydrogen) atoms. The van der Waals surface area contributed by atoms with Crippen LogP contribution in [0, 0.1) is 11.3 Å². The minimum atomic E-state index is -0.953. The van der Waals surface area contributed by atoms with E-state index in [9.17, 15) is 4.79 Å². The van der Waals surface area contributed by atoms with Crippen LogP contribution in [0.15, 0.2) is 29.3 Å². The van der Waals surface area contributed by atoms with E-state index in [0.717, 1.165) is 11.3 Å². The highest BCUT2D eigenvalue weighted by Gasteiger charge is 2.41. The van der Waals surface area contributed by atoms with E-state index in [1.807, 2.05) is 6.07 Å². The molecule has 0 amide bonds. The molecule has 5 nitrogen and oxygen atoms in total. The molecule has 5 heteroatoms. The van der Waals surface area contributed by atoms with E-state index in [0.29, 0.717) is 12.3 Å². The van der Waals surface area contributed by atoms with Crippen LogP contribution in [0.25, 0.3) is 0 Å². The first-order valence-electron chi connectivity index (χ1n) is 5.92. The second-order valence-corrected chi connectivity index (χ2v) is 4.47. The zero-order valence-corrected chi connectivity index (χ0v) is 10.8. The Labute approximate surface area is 111 Å². The van der Waals surface area contributed by atoms with Gasteiger partial charge in [0, 0.05) is 12.0 Å². The first kappa shape index (κ1) is 13.1. The van der Waals surface area contributed by atoms with Gasteiger partial charge in [-0.25, -0.2) is 9.79 Å². The normalized spacial score (nSPS) is 21.5. The molecule has 0 saturated carbocycles. The summed E-state index contributed by atoms with van der Waals surface area (Å²) in [6, 6.07) is 9.12. The van der Waals surface area contributed by atoms with Crippen molar-refractivity contribution in [2.45, 2.75) is 25.3 Å². The minimum Gasteiger partial charge on any atom is -0.497 e. The van der Waals surface area contributed by atoms with Crippen LogP contribution in [-0.2, 0) is 9.53 Å². The smallest absolute Gasteiger partial charge is 0.340 e. The summed E-state index contributed by atoms with van der Waals surface area (Å²) >= 11 is 0. The van der Waals surface area contributed by atoms with E-state index in [4.69, 9.17) is 14.7 Å². The predicted molar refractivity (Wildman–Crippen MR) is 68.9 cm³/mol. The monoisotopic (exact) mass is 258 g/mol. The number of esters is 1. The van der Waals surface area contributed by atoms with Gasteiger partial charge in [0.15, 0.2) is 5.54 Å². The number of aliphatic imine (C=N–C) groups is 1. The number of cyclic esters (lactones) is 1. The van der Waals surface area contributed by atoms with Crippen LogP contribution in [-0.4, -0.2) is 24.5 Å². The maximum absolute atomic E-state index is 11.8. The number of rotatable bonds is 4. The summed E-state index contributed by atoms with van der Waals surface area (Å²) in [7, 11) is 1.58. The quantitative estimate of drug-likeness (QED) is 0.775. The SMILES string of the molecule is COc1ccc(C2=NC(C)(CCC#N)C(=O)O2)cc1. The van der Waals surface area contributed by atoms with E-state index < -0.39 is 11.5 Å². The molecule has 1 aromatic carbocycles. The van der Waals surface area contributed by atoms with Crippen molar-refractivity contribution in [1.29, 1.82) is 5.26 Å². The lowest BCUT2D eigenvalue weighted by Crippen LogP contribution is -2.29. The zero-order valence-electron chi connectivity index (χ0n) is 10.8. The van der Waals surface area contributed by atoms with Gasteiger partial charge in [0.25, 0.3) is 0 Å². The lowest BCUT2D eigenvalue weighted by Gasteiger charge is -2.12. The highest BCUT2D eigenvalue weighted by Crippen LogP contribution is 2.27. The molecule has 1 unspecified atom stereocenters. The largest absolute Gasteiger partial charge is 0.497 e. The number of nitrogens with zero attached hydrogens (tertiary/aromatic N) is 2. The van der Waals surface area contributed by atoms with Crippen LogP contribution in [0.3, 0.4) is 0 Å². The maximum Gasteiger partial charge on any atom is 0.340 e. The van der Waals surface area contributed by atoms with Crippen molar-refractivity contribution in [3.63, 3.8) is 0 Å². The van der Waals surface area contributed by atoms with E-state index in [2.05, 4.69) is 4.99 Å². The lowest BCUT2D eigenvalue weighted by molar-refractivity contribution is -0.138. The molecule has 0 aliphatic carbocycles. The van der Waals surface area contributed by atoms with Gasteiger partial charge in [-0.15, -0.1) is 0 Å². The van der Waals surface area contributed by atoms with Crippen LogP contribution in [0.5, 0.6) is 5.75 Å². The molecule has 1 heterocycles. The molecule has 1 aliphatic rings. The number of benzene rings is 1. The molecular weight excluding hydrogens is 244 g/mol. The zero-order chi connectivity index (χ0) is 13.9. The number of methoxy groups -OCH3 is 1. The lowest BCUT2D eigenvalue weighted by atomic mass is 9.98. The van der Waals surface area contributed by atoms with Crippen molar-refractivity contribution in [3.8, 4) is 11.8 Å². The van der Waals surface area contributed by atoms with E-state index >= 15 is 0 Å². The molecule has 1 aromatic rings. The Morgan fingerprint density at radius 3 is 2.68 bits per heavy atom. The van der Waals surface area contributed by atoms with E-state index in [1.165, 1.54) is 0 Å². The third-order valence-electron chi connectivity index (χ3n) is 3.04. The van der Waals surface area contributed by atoms with Crippen molar-refractivity contribution in [3.05, 3.63) is 29.8 Å². The number of hydrogen-bond donors (Lipinski definition) is 0. The van der Waals surface area contributed by atoms with Crippen molar-refractivity contribution in [1.82, 2.24) is 0 Å². The van der Waals surface area contributed by atoms with Crippen molar-refractivity contribution in [2.24, 2.45) is 4.99 Å². The molecular formula is C14H14N2O3. The van der Waals surface area contributed by atoms with Crippen molar-refractivity contribution in [2.75, 3.05) is 7.11 Å². The van der Waals surface area contributed by atoms with Gasteiger partial charge in [-0.1, -0.05) is 0 Å². The second-order valence-electron chi connectivity index (χ2n) is 4.47. The Bertz CT molecular complexity index is 557. The van der Waals surface area contributed by atoms with Crippen molar-refractivity contribution < 1.29 is 14.3 Å². The van der Waals surface area contributed by atoms with Gasteiger partial charge in [0.05, 0.1) is 13.2 Å². The number of ether oxygens (including phenoxy) is 2. The van der Waals surface area contributed by atoms with Crippen LogP contribution >= 0.6 is 0 Å². The Morgan fingerprint density at radius 2 is 2.11 bits per heavy atom. The average molecular weight is 258 g/mol. The molecule has 0 saturated heterocycles. The van der Waals surface area contributed by atoms with Gasteiger partial charge in [-0.05, 0) is 37.6 Å². The molecule has 0 radical (unpaired) electrons. The molecule has 98 valence electrons. The molecule has 2 rings (SSSR count). The summed E-state index contributed by atoms with van der Waals surface area (Å²) in [5, 5.41) is 8.60. The summed E-state index contributed by atoms with van der Waals surface area (Å²) < 4.78 is 10.3. The molecule has 1 atom stereocenters. The minimum absolute atomic E-state index is 0.269. The van der Waals surface area contributed by atoms with E-state index in [-0.39, 0.29) is 6.42 Å².